The van der Waals surface area contributed by atoms with Crippen LogP contribution in [0.3, 0.4) is 0 Å². The largest absolute Gasteiger partial charge is 0.380 e. The molecule has 0 atom stereocenters. The Morgan fingerprint density at radius 1 is 1.17 bits per heavy atom. The summed E-state index contributed by atoms with van der Waals surface area (Å²) in [6.45, 7) is 2.63. The quantitative estimate of drug-likeness (QED) is 0.511. The van der Waals surface area contributed by atoms with Gasteiger partial charge in [0.05, 0.1) is 13.2 Å². The van der Waals surface area contributed by atoms with Gasteiger partial charge in [-0.25, -0.2) is 5.90 Å². The molecule has 0 aromatic rings. The molecule has 0 rings (SSSR count). The molecule has 0 radical (unpaired) electrons. The Morgan fingerprint density at radius 2 is 1.58 bits per heavy atom. The summed E-state index contributed by atoms with van der Waals surface area (Å²) in [6, 6.07) is 0. The minimum absolute atomic E-state index is 0.566. The summed E-state index contributed by atoms with van der Waals surface area (Å²) in [5, 5.41) is 0. The van der Waals surface area contributed by atoms with E-state index in [1.807, 2.05) is 13.8 Å². The predicted molar refractivity (Wildman–Crippen MR) is 50.7 cm³/mol. The second-order valence-electron chi connectivity index (χ2n) is 2.24. The van der Waals surface area contributed by atoms with E-state index in [1.54, 1.807) is 0 Å². The van der Waals surface area contributed by atoms with E-state index < -0.39 is 6.72 Å². The third-order valence-electron chi connectivity index (χ3n) is 1.07. The van der Waals surface area contributed by atoms with Gasteiger partial charge in [-0.2, -0.15) is 0 Å². The van der Waals surface area contributed by atoms with Gasteiger partial charge in [-0.1, -0.05) is 13.8 Å². The van der Waals surface area contributed by atoms with E-state index in [1.165, 1.54) is 0 Å². The smallest absolute Gasteiger partial charge is 0.305 e. The summed E-state index contributed by atoms with van der Waals surface area (Å²) in [7, 11) is 0. The molecule has 0 fully saturated rings. The number of quaternary nitrogens is 1. The second-order valence-corrected chi connectivity index (χ2v) is 5.25. The lowest BCUT2D eigenvalue weighted by Gasteiger charge is -2.15. The lowest BCUT2D eigenvalue weighted by atomic mass is 10.5. The molecule has 0 amide bonds. The van der Waals surface area contributed by atoms with Crippen molar-refractivity contribution in [1.82, 2.24) is 0 Å². The highest BCUT2D eigenvalue weighted by Crippen LogP contribution is 2.47. The molecular weight excluding hydrogens is 197 g/mol. The first kappa shape index (κ1) is 12.5. The Hall–Kier alpha value is 0.490. The van der Waals surface area contributed by atoms with E-state index in [2.05, 4.69) is 5.90 Å². The van der Waals surface area contributed by atoms with Crippen LogP contribution in [-0.4, -0.2) is 13.2 Å². The van der Waals surface area contributed by atoms with Gasteiger partial charge in [0.1, 0.15) is 0 Å². The molecule has 0 bridgehead atoms. The summed E-state index contributed by atoms with van der Waals surface area (Å²) >= 11 is 5.02. The normalized spacial score (nSPS) is 11.9. The molecule has 0 spiro atoms. The SMILES string of the molecule is CCCOP(=S)(O[NH3+])OCCC. The maximum absolute atomic E-state index is 5.25. The third-order valence-corrected chi connectivity index (χ3v) is 3.33. The summed E-state index contributed by atoms with van der Waals surface area (Å²) in [5.74, 6) is 3.26. The zero-order chi connectivity index (χ0) is 9.45. The zero-order valence-electron chi connectivity index (χ0n) is 7.62. The molecule has 0 aromatic heterocycles. The number of rotatable bonds is 7. The van der Waals surface area contributed by atoms with Gasteiger partial charge in [-0.05, 0) is 24.6 Å². The van der Waals surface area contributed by atoms with E-state index in [9.17, 15) is 0 Å². The van der Waals surface area contributed by atoms with Crippen LogP contribution in [0.4, 0.5) is 0 Å². The molecule has 0 aliphatic carbocycles. The van der Waals surface area contributed by atoms with Gasteiger partial charge in [0.15, 0.2) is 0 Å². The van der Waals surface area contributed by atoms with Crippen molar-refractivity contribution in [2.45, 2.75) is 26.7 Å². The van der Waals surface area contributed by atoms with Crippen LogP contribution in [0.1, 0.15) is 26.7 Å². The lowest BCUT2D eigenvalue weighted by Crippen LogP contribution is -2.47. The summed E-state index contributed by atoms with van der Waals surface area (Å²) < 4.78 is 15.3. The van der Waals surface area contributed by atoms with Crippen molar-refractivity contribution in [1.29, 1.82) is 0 Å². The van der Waals surface area contributed by atoms with E-state index in [0.29, 0.717) is 13.2 Å². The highest BCUT2D eigenvalue weighted by molar-refractivity contribution is 8.07. The van der Waals surface area contributed by atoms with Crippen molar-refractivity contribution < 1.29 is 19.6 Å². The Bertz CT molecular complexity index is 144. The van der Waals surface area contributed by atoms with Gasteiger partial charge < -0.3 is 9.05 Å². The van der Waals surface area contributed by atoms with Crippen molar-refractivity contribution in [3.63, 3.8) is 0 Å². The fourth-order valence-corrected chi connectivity index (χ4v) is 2.00. The van der Waals surface area contributed by atoms with Crippen molar-refractivity contribution >= 4 is 18.5 Å². The molecule has 0 heterocycles. The minimum Gasteiger partial charge on any atom is -0.305 e. The molecule has 0 saturated carbocycles. The molecule has 12 heavy (non-hydrogen) atoms. The van der Waals surface area contributed by atoms with Crippen LogP contribution in [0.25, 0.3) is 0 Å². The molecule has 74 valence electrons. The van der Waals surface area contributed by atoms with Gasteiger partial charge in [0.25, 0.3) is 0 Å². The molecular formula is C6H17NO3PS+. The van der Waals surface area contributed by atoms with Crippen molar-refractivity contribution in [2.75, 3.05) is 13.2 Å². The summed E-state index contributed by atoms with van der Waals surface area (Å²) in [6.07, 6.45) is 1.80. The van der Waals surface area contributed by atoms with Crippen LogP contribution in [0.5, 0.6) is 0 Å². The molecule has 3 N–H and O–H groups in total. The Labute approximate surface area is 78.6 Å². The highest BCUT2D eigenvalue weighted by atomic mass is 32.5. The van der Waals surface area contributed by atoms with Gasteiger partial charge in [0.2, 0.25) is 0 Å². The summed E-state index contributed by atoms with van der Waals surface area (Å²) in [5.41, 5.74) is 0. The topological polar surface area (TPSA) is 55.3 Å². The first-order valence-electron chi connectivity index (χ1n) is 4.01. The van der Waals surface area contributed by atoms with Crippen LogP contribution >= 0.6 is 6.72 Å². The molecule has 0 aromatic carbocycles. The Kier molecular flexibility index (Phi) is 7.23. The molecule has 0 saturated heterocycles. The Morgan fingerprint density at radius 3 is 1.83 bits per heavy atom. The van der Waals surface area contributed by atoms with Crippen molar-refractivity contribution in [3.8, 4) is 0 Å². The average Bonchev–Trinajstić information content (AvgIpc) is 2.11. The van der Waals surface area contributed by atoms with Crippen LogP contribution in [0.15, 0.2) is 0 Å². The Balaban J connectivity index is 3.79. The molecule has 6 heteroatoms. The van der Waals surface area contributed by atoms with Crippen LogP contribution < -0.4 is 5.90 Å². The zero-order valence-corrected chi connectivity index (χ0v) is 9.33. The number of hydrogen-bond donors (Lipinski definition) is 1. The highest BCUT2D eigenvalue weighted by Gasteiger charge is 2.20. The van der Waals surface area contributed by atoms with E-state index in [-0.39, 0.29) is 0 Å². The van der Waals surface area contributed by atoms with Gasteiger partial charge in [-0.3, -0.25) is 0 Å². The van der Waals surface area contributed by atoms with Gasteiger partial charge in [0, 0.05) is 0 Å². The van der Waals surface area contributed by atoms with E-state index in [4.69, 9.17) is 25.5 Å². The number of hydrogen-bond acceptors (Lipinski definition) is 4. The minimum atomic E-state index is -2.51. The fraction of sp³-hybridized carbons (Fsp3) is 1.00. The maximum Gasteiger partial charge on any atom is 0.380 e. The third kappa shape index (κ3) is 5.19. The van der Waals surface area contributed by atoms with Crippen molar-refractivity contribution in [2.24, 2.45) is 0 Å². The second kappa shape index (κ2) is 6.95. The first-order chi connectivity index (χ1) is 5.68. The van der Waals surface area contributed by atoms with Crippen LogP contribution in [-0.2, 0) is 25.5 Å². The van der Waals surface area contributed by atoms with Crippen LogP contribution in [0.2, 0.25) is 0 Å². The van der Waals surface area contributed by atoms with Crippen molar-refractivity contribution in [3.05, 3.63) is 0 Å². The summed E-state index contributed by atoms with van der Waals surface area (Å²) in [4.78, 5) is 0. The standard InChI is InChI=1S/C6H17NO3PS/c1-3-5-8-11(12,10-7)9-6-4-2/h3-6H2,1-2,7H3/q+1. The van der Waals surface area contributed by atoms with Gasteiger partial charge >= 0.3 is 6.72 Å². The van der Waals surface area contributed by atoms with Gasteiger partial charge in [-0.15, -0.1) is 4.62 Å². The predicted octanol–water partition coefficient (Wildman–Crippen LogP) is 1.24. The van der Waals surface area contributed by atoms with E-state index >= 15 is 0 Å². The van der Waals surface area contributed by atoms with E-state index in [0.717, 1.165) is 12.8 Å². The first-order valence-corrected chi connectivity index (χ1v) is 6.57. The molecule has 0 aliphatic rings. The lowest BCUT2D eigenvalue weighted by molar-refractivity contribution is -0.641. The average molecular weight is 214 g/mol. The maximum atomic E-state index is 5.25. The monoisotopic (exact) mass is 214 g/mol. The fourth-order valence-electron chi connectivity index (χ4n) is 0.518. The molecule has 4 nitrogen and oxygen atoms in total. The molecule has 0 unspecified atom stereocenters. The van der Waals surface area contributed by atoms with Crippen LogP contribution in [0, 0.1) is 0 Å². The molecule has 0 aliphatic heterocycles.